The van der Waals surface area contributed by atoms with E-state index >= 15 is 0 Å². The number of ether oxygens (including phenoxy) is 1. The zero-order valence-corrected chi connectivity index (χ0v) is 9.06. The van der Waals surface area contributed by atoms with Crippen molar-refractivity contribution in [1.29, 1.82) is 0 Å². The van der Waals surface area contributed by atoms with E-state index in [0.717, 1.165) is 12.0 Å². The molecule has 82 valence electrons. The highest BCUT2D eigenvalue weighted by molar-refractivity contribution is 6.30. The number of rotatable bonds is 3. The first-order valence-corrected chi connectivity index (χ1v) is 5.29. The van der Waals surface area contributed by atoms with Gasteiger partial charge in [0.05, 0.1) is 18.2 Å². The van der Waals surface area contributed by atoms with E-state index in [9.17, 15) is 4.39 Å². The molecular weight excluding hydrogens is 217 g/mol. The molecular formula is C11H13ClFNO. The highest BCUT2D eigenvalue weighted by atomic mass is 35.5. The topological polar surface area (TPSA) is 35.2 Å². The third-order valence-electron chi connectivity index (χ3n) is 2.91. The van der Waals surface area contributed by atoms with E-state index in [1.165, 1.54) is 6.07 Å². The van der Waals surface area contributed by atoms with Crippen LogP contribution in [0.1, 0.15) is 12.0 Å². The Labute approximate surface area is 93.2 Å². The van der Waals surface area contributed by atoms with Gasteiger partial charge in [-0.2, -0.15) is 0 Å². The van der Waals surface area contributed by atoms with Crippen molar-refractivity contribution >= 4 is 11.6 Å². The van der Waals surface area contributed by atoms with Gasteiger partial charge in [-0.3, -0.25) is 0 Å². The summed E-state index contributed by atoms with van der Waals surface area (Å²) in [6.45, 7) is 1.89. The van der Waals surface area contributed by atoms with E-state index in [2.05, 4.69) is 0 Å². The molecule has 0 saturated carbocycles. The standard InChI is InChI=1S/C11H13ClFNO/c12-9-5-8(1-2-10(9)13)11(3-4-14)6-15-7-11/h1-2,5H,3-4,6-7,14H2. The number of hydrogen-bond donors (Lipinski definition) is 1. The first-order chi connectivity index (χ1) is 7.18. The van der Waals surface area contributed by atoms with Crippen molar-refractivity contribution < 1.29 is 9.13 Å². The lowest BCUT2D eigenvalue weighted by atomic mass is 9.76. The van der Waals surface area contributed by atoms with Crippen LogP contribution in [0.2, 0.25) is 5.02 Å². The summed E-state index contributed by atoms with van der Waals surface area (Å²) in [5.41, 5.74) is 6.54. The van der Waals surface area contributed by atoms with E-state index in [1.807, 2.05) is 0 Å². The average molecular weight is 230 g/mol. The molecule has 2 nitrogen and oxygen atoms in total. The van der Waals surface area contributed by atoms with Crippen molar-refractivity contribution in [2.45, 2.75) is 11.8 Å². The first kappa shape index (κ1) is 10.9. The Balaban J connectivity index is 2.30. The summed E-state index contributed by atoms with van der Waals surface area (Å²) in [5, 5.41) is 0.163. The molecule has 0 unspecified atom stereocenters. The largest absolute Gasteiger partial charge is 0.379 e. The van der Waals surface area contributed by atoms with Crippen LogP contribution in [0.5, 0.6) is 0 Å². The SMILES string of the molecule is NCCC1(c2ccc(F)c(Cl)c2)COC1. The second-order valence-corrected chi connectivity index (χ2v) is 4.35. The number of hydrogen-bond acceptors (Lipinski definition) is 2. The van der Waals surface area contributed by atoms with Crippen LogP contribution in [-0.2, 0) is 10.2 Å². The van der Waals surface area contributed by atoms with E-state index in [0.29, 0.717) is 19.8 Å². The molecule has 0 aromatic heterocycles. The summed E-state index contributed by atoms with van der Waals surface area (Å²) in [6.07, 6.45) is 0.842. The molecule has 4 heteroatoms. The Bertz CT molecular complexity index is 366. The molecule has 1 saturated heterocycles. The normalized spacial score (nSPS) is 18.6. The summed E-state index contributed by atoms with van der Waals surface area (Å²) in [5.74, 6) is -0.386. The van der Waals surface area contributed by atoms with Gasteiger partial charge in [0.2, 0.25) is 0 Å². The molecule has 1 aliphatic rings. The van der Waals surface area contributed by atoms with Crippen molar-refractivity contribution in [3.63, 3.8) is 0 Å². The number of benzene rings is 1. The Morgan fingerprint density at radius 1 is 1.47 bits per heavy atom. The second-order valence-electron chi connectivity index (χ2n) is 3.94. The molecule has 0 atom stereocenters. The van der Waals surface area contributed by atoms with Crippen molar-refractivity contribution in [3.8, 4) is 0 Å². The van der Waals surface area contributed by atoms with Crippen LogP contribution in [0.3, 0.4) is 0 Å². The Hall–Kier alpha value is -0.640. The molecule has 1 aromatic carbocycles. The molecule has 0 spiro atoms. The molecule has 1 fully saturated rings. The maximum atomic E-state index is 13.0. The maximum Gasteiger partial charge on any atom is 0.141 e. The lowest BCUT2D eigenvalue weighted by Crippen LogP contribution is -2.48. The lowest BCUT2D eigenvalue weighted by molar-refractivity contribution is -0.0631. The van der Waals surface area contributed by atoms with Crippen LogP contribution in [0.15, 0.2) is 18.2 Å². The fourth-order valence-corrected chi connectivity index (χ4v) is 2.09. The fraction of sp³-hybridized carbons (Fsp3) is 0.455. The second kappa shape index (κ2) is 4.08. The predicted octanol–water partition coefficient (Wildman–Crippen LogP) is 2.10. The van der Waals surface area contributed by atoms with Gasteiger partial charge >= 0.3 is 0 Å². The van der Waals surface area contributed by atoms with Gasteiger partial charge in [-0.15, -0.1) is 0 Å². The summed E-state index contributed by atoms with van der Waals surface area (Å²) in [7, 11) is 0. The van der Waals surface area contributed by atoms with Gasteiger partial charge < -0.3 is 10.5 Å². The zero-order chi connectivity index (χ0) is 10.9. The van der Waals surface area contributed by atoms with Crippen LogP contribution in [0.25, 0.3) is 0 Å². The van der Waals surface area contributed by atoms with E-state index in [1.54, 1.807) is 12.1 Å². The summed E-state index contributed by atoms with van der Waals surface area (Å²) in [4.78, 5) is 0. The average Bonchev–Trinajstić information content (AvgIpc) is 2.16. The van der Waals surface area contributed by atoms with E-state index in [-0.39, 0.29) is 16.3 Å². The van der Waals surface area contributed by atoms with Crippen LogP contribution in [-0.4, -0.2) is 19.8 Å². The minimum atomic E-state index is -0.386. The van der Waals surface area contributed by atoms with Crippen molar-refractivity contribution in [1.82, 2.24) is 0 Å². The lowest BCUT2D eigenvalue weighted by Gasteiger charge is -2.42. The van der Waals surface area contributed by atoms with Crippen molar-refractivity contribution in [2.24, 2.45) is 5.73 Å². The quantitative estimate of drug-likeness (QED) is 0.862. The predicted molar refractivity (Wildman–Crippen MR) is 57.6 cm³/mol. The van der Waals surface area contributed by atoms with Gasteiger partial charge in [0.25, 0.3) is 0 Å². The molecule has 1 heterocycles. The maximum absolute atomic E-state index is 13.0. The van der Waals surface area contributed by atoms with Crippen LogP contribution in [0, 0.1) is 5.82 Å². The van der Waals surface area contributed by atoms with Crippen LogP contribution < -0.4 is 5.73 Å². The van der Waals surface area contributed by atoms with Gasteiger partial charge in [0.15, 0.2) is 0 Å². The molecule has 15 heavy (non-hydrogen) atoms. The minimum absolute atomic E-state index is 0.0495. The van der Waals surface area contributed by atoms with E-state index in [4.69, 9.17) is 22.1 Å². The van der Waals surface area contributed by atoms with Gasteiger partial charge in [0.1, 0.15) is 5.82 Å². The molecule has 0 aliphatic carbocycles. The number of halogens is 2. The Morgan fingerprint density at radius 2 is 2.20 bits per heavy atom. The Kier molecular flexibility index (Phi) is 2.96. The molecule has 0 radical (unpaired) electrons. The van der Waals surface area contributed by atoms with Gasteiger partial charge in [-0.25, -0.2) is 4.39 Å². The molecule has 2 rings (SSSR count). The Morgan fingerprint density at radius 3 is 2.67 bits per heavy atom. The molecule has 0 bridgehead atoms. The van der Waals surface area contributed by atoms with E-state index < -0.39 is 0 Å². The van der Waals surface area contributed by atoms with Crippen LogP contribution >= 0.6 is 11.6 Å². The molecule has 1 aromatic rings. The first-order valence-electron chi connectivity index (χ1n) is 4.91. The monoisotopic (exact) mass is 229 g/mol. The van der Waals surface area contributed by atoms with Gasteiger partial charge in [-0.1, -0.05) is 17.7 Å². The van der Waals surface area contributed by atoms with Gasteiger partial charge in [-0.05, 0) is 30.7 Å². The third kappa shape index (κ3) is 1.87. The minimum Gasteiger partial charge on any atom is -0.379 e. The van der Waals surface area contributed by atoms with Gasteiger partial charge in [0, 0.05) is 5.41 Å². The van der Waals surface area contributed by atoms with Crippen LogP contribution in [0.4, 0.5) is 4.39 Å². The summed E-state index contributed by atoms with van der Waals surface area (Å²) in [6, 6.07) is 4.84. The summed E-state index contributed by atoms with van der Waals surface area (Å²) >= 11 is 5.75. The molecule has 0 amide bonds. The van der Waals surface area contributed by atoms with Crippen molar-refractivity contribution in [3.05, 3.63) is 34.6 Å². The smallest absolute Gasteiger partial charge is 0.141 e. The molecule has 1 aliphatic heterocycles. The highest BCUT2D eigenvalue weighted by Crippen LogP contribution is 2.36. The fourth-order valence-electron chi connectivity index (χ4n) is 1.91. The highest BCUT2D eigenvalue weighted by Gasteiger charge is 2.39. The zero-order valence-electron chi connectivity index (χ0n) is 8.30. The summed E-state index contributed by atoms with van der Waals surface area (Å²) < 4.78 is 18.2. The third-order valence-corrected chi connectivity index (χ3v) is 3.20. The molecule has 2 N–H and O–H groups in total. The van der Waals surface area contributed by atoms with Crippen molar-refractivity contribution in [2.75, 3.05) is 19.8 Å². The number of nitrogens with two attached hydrogens (primary N) is 1.